The molecule has 0 radical (unpaired) electrons. The molecule has 2 heterocycles. The van der Waals surface area contributed by atoms with Crippen molar-refractivity contribution >= 4 is 29.0 Å². The van der Waals surface area contributed by atoms with Crippen molar-refractivity contribution in [1.82, 2.24) is 14.9 Å². The van der Waals surface area contributed by atoms with Gasteiger partial charge in [0.15, 0.2) is 4.77 Å². The standard InChI is InChI=1S/C19H25N3O4S/c1-12(16-5-3-10-26-16)20-17(23)13-6-7-14-15(11-13)21-19(27)22(18(14)24)8-4-9-25-2/h6-7,11-12,16H,3-5,8-10H2,1-2H3,(H,20,23)(H,21,27). The van der Waals surface area contributed by atoms with Crippen LogP contribution in [-0.2, 0) is 16.0 Å². The van der Waals surface area contributed by atoms with E-state index < -0.39 is 0 Å². The maximum absolute atomic E-state index is 12.7. The van der Waals surface area contributed by atoms with Gasteiger partial charge in [-0.15, -0.1) is 0 Å². The smallest absolute Gasteiger partial charge is 0.262 e. The van der Waals surface area contributed by atoms with Gasteiger partial charge in [-0.3, -0.25) is 14.2 Å². The maximum atomic E-state index is 12.7. The van der Waals surface area contributed by atoms with Crippen molar-refractivity contribution in [2.24, 2.45) is 0 Å². The molecule has 0 saturated carbocycles. The third-order valence-corrected chi connectivity index (χ3v) is 5.18. The molecule has 3 rings (SSSR count). The van der Waals surface area contributed by atoms with Crippen molar-refractivity contribution in [2.45, 2.75) is 44.9 Å². The molecule has 1 aromatic heterocycles. The molecule has 0 spiro atoms. The molecular formula is C19H25N3O4S. The van der Waals surface area contributed by atoms with Crippen LogP contribution in [0.3, 0.4) is 0 Å². The van der Waals surface area contributed by atoms with Crippen LogP contribution in [0.1, 0.15) is 36.5 Å². The minimum atomic E-state index is -0.191. The Labute approximate surface area is 162 Å². The normalized spacial score (nSPS) is 17.9. The third-order valence-electron chi connectivity index (χ3n) is 4.86. The molecule has 0 bridgehead atoms. The largest absolute Gasteiger partial charge is 0.385 e. The van der Waals surface area contributed by atoms with E-state index in [-0.39, 0.29) is 23.6 Å². The Bertz CT molecular complexity index is 931. The number of ether oxygens (including phenoxy) is 2. The number of amides is 1. The van der Waals surface area contributed by atoms with Crippen LogP contribution in [0.2, 0.25) is 0 Å². The van der Waals surface area contributed by atoms with E-state index >= 15 is 0 Å². The number of aromatic amines is 1. The number of carbonyl (C=O) groups excluding carboxylic acids is 1. The molecule has 1 saturated heterocycles. The third kappa shape index (κ3) is 4.45. The van der Waals surface area contributed by atoms with Gasteiger partial charge in [0.1, 0.15) is 0 Å². The summed E-state index contributed by atoms with van der Waals surface area (Å²) in [5.74, 6) is -0.191. The van der Waals surface area contributed by atoms with Crippen molar-refractivity contribution in [3.8, 4) is 0 Å². The van der Waals surface area contributed by atoms with Gasteiger partial charge >= 0.3 is 0 Å². The molecule has 8 heteroatoms. The Hall–Kier alpha value is -2.03. The van der Waals surface area contributed by atoms with Crippen molar-refractivity contribution in [3.05, 3.63) is 38.9 Å². The van der Waals surface area contributed by atoms with E-state index in [4.69, 9.17) is 21.7 Å². The molecule has 1 aliphatic heterocycles. The number of H-pyrrole nitrogens is 1. The van der Waals surface area contributed by atoms with Crippen LogP contribution < -0.4 is 10.9 Å². The minimum absolute atomic E-state index is 0.0551. The number of hydrogen-bond acceptors (Lipinski definition) is 5. The Balaban J connectivity index is 1.82. The van der Waals surface area contributed by atoms with E-state index in [0.29, 0.717) is 40.8 Å². The van der Waals surface area contributed by atoms with Gasteiger partial charge in [0, 0.05) is 32.4 Å². The Morgan fingerprint density at radius 3 is 3.04 bits per heavy atom. The first-order valence-corrected chi connectivity index (χ1v) is 9.60. The zero-order chi connectivity index (χ0) is 19.4. The van der Waals surface area contributed by atoms with Gasteiger partial charge in [-0.1, -0.05) is 0 Å². The summed E-state index contributed by atoms with van der Waals surface area (Å²) in [6.45, 7) is 3.73. The number of hydrogen-bond donors (Lipinski definition) is 2. The van der Waals surface area contributed by atoms with Crippen LogP contribution >= 0.6 is 12.2 Å². The quantitative estimate of drug-likeness (QED) is 0.559. The van der Waals surface area contributed by atoms with Gasteiger partial charge in [0.25, 0.3) is 11.5 Å². The highest BCUT2D eigenvalue weighted by molar-refractivity contribution is 7.71. The summed E-state index contributed by atoms with van der Waals surface area (Å²) >= 11 is 5.32. The van der Waals surface area contributed by atoms with Crippen molar-refractivity contribution in [1.29, 1.82) is 0 Å². The lowest BCUT2D eigenvalue weighted by atomic mass is 10.1. The second-order valence-corrected chi connectivity index (χ2v) is 7.19. The molecule has 2 unspecified atom stereocenters. The fourth-order valence-corrected chi connectivity index (χ4v) is 3.63. The Morgan fingerprint density at radius 1 is 1.52 bits per heavy atom. The number of rotatable bonds is 7. The molecule has 2 N–H and O–H groups in total. The van der Waals surface area contributed by atoms with E-state index in [9.17, 15) is 9.59 Å². The number of nitrogens with one attached hydrogen (secondary N) is 2. The molecule has 1 aromatic carbocycles. The van der Waals surface area contributed by atoms with Gasteiger partial charge < -0.3 is 19.8 Å². The average Bonchev–Trinajstić information content (AvgIpc) is 3.19. The number of carbonyl (C=O) groups is 1. The average molecular weight is 391 g/mol. The lowest BCUT2D eigenvalue weighted by Gasteiger charge is -2.20. The fraction of sp³-hybridized carbons (Fsp3) is 0.526. The van der Waals surface area contributed by atoms with Crippen LogP contribution in [0, 0.1) is 4.77 Å². The number of benzene rings is 1. The summed E-state index contributed by atoms with van der Waals surface area (Å²) in [6, 6.07) is 4.94. The van der Waals surface area contributed by atoms with E-state index in [0.717, 1.165) is 19.4 Å². The highest BCUT2D eigenvalue weighted by Gasteiger charge is 2.24. The van der Waals surface area contributed by atoms with Crippen LogP contribution in [0.15, 0.2) is 23.0 Å². The highest BCUT2D eigenvalue weighted by Crippen LogP contribution is 2.16. The summed E-state index contributed by atoms with van der Waals surface area (Å²) in [5.41, 5.74) is 0.879. The molecule has 1 amide bonds. The second-order valence-electron chi connectivity index (χ2n) is 6.81. The van der Waals surface area contributed by atoms with Crippen LogP contribution in [0.5, 0.6) is 0 Å². The van der Waals surface area contributed by atoms with Crippen molar-refractivity contribution in [3.63, 3.8) is 0 Å². The molecule has 7 nitrogen and oxygen atoms in total. The first-order chi connectivity index (χ1) is 13.0. The van der Waals surface area contributed by atoms with Gasteiger partial charge in [0.2, 0.25) is 0 Å². The molecule has 146 valence electrons. The Kier molecular flexibility index (Phi) is 6.41. The second kappa shape index (κ2) is 8.77. The first kappa shape index (κ1) is 19.7. The number of methoxy groups -OCH3 is 1. The molecule has 2 atom stereocenters. The lowest BCUT2D eigenvalue weighted by molar-refractivity contribution is 0.0712. The van der Waals surface area contributed by atoms with Gasteiger partial charge in [-0.25, -0.2) is 0 Å². The zero-order valence-corrected chi connectivity index (χ0v) is 16.4. The van der Waals surface area contributed by atoms with Crippen molar-refractivity contribution < 1.29 is 14.3 Å². The van der Waals surface area contributed by atoms with Gasteiger partial charge in [0.05, 0.1) is 23.0 Å². The lowest BCUT2D eigenvalue weighted by Crippen LogP contribution is -2.40. The highest BCUT2D eigenvalue weighted by atomic mass is 32.1. The topological polar surface area (TPSA) is 85.3 Å². The molecular weight excluding hydrogens is 366 g/mol. The molecule has 2 aromatic rings. The van der Waals surface area contributed by atoms with Crippen LogP contribution in [0.25, 0.3) is 10.9 Å². The number of fused-ring (bicyclic) bond motifs is 1. The molecule has 1 aliphatic rings. The molecule has 27 heavy (non-hydrogen) atoms. The Morgan fingerprint density at radius 2 is 2.33 bits per heavy atom. The minimum Gasteiger partial charge on any atom is -0.385 e. The van der Waals surface area contributed by atoms with E-state index in [1.165, 1.54) is 4.57 Å². The van der Waals surface area contributed by atoms with E-state index in [1.807, 2.05) is 6.92 Å². The monoisotopic (exact) mass is 391 g/mol. The van der Waals surface area contributed by atoms with E-state index in [1.54, 1.807) is 25.3 Å². The summed E-state index contributed by atoms with van der Waals surface area (Å²) < 4.78 is 12.5. The molecule has 0 aliphatic carbocycles. The summed E-state index contributed by atoms with van der Waals surface area (Å²) in [7, 11) is 1.62. The predicted molar refractivity (Wildman–Crippen MR) is 106 cm³/mol. The number of nitrogens with zero attached hydrogens (tertiary/aromatic N) is 1. The summed E-state index contributed by atoms with van der Waals surface area (Å²) in [5, 5.41) is 3.48. The number of aromatic nitrogens is 2. The van der Waals surface area contributed by atoms with Crippen molar-refractivity contribution in [2.75, 3.05) is 20.3 Å². The van der Waals surface area contributed by atoms with Gasteiger partial charge in [-0.2, -0.15) is 0 Å². The summed E-state index contributed by atoms with van der Waals surface area (Å²) in [6.07, 6.45) is 2.73. The summed E-state index contributed by atoms with van der Waals surface area (Å²) in [4.78, 5) is 28.3. The fourth-order valence-electron chi connectivity index (χ4n) is 3.35. The maximum Gasteiger partial charge on any atom is 0.262 e. The predicted octanol–water partition coefficient (Wildman–Crippen LogP) is 2.39. The first-order valence-electron chi connectivity index (χ1n) is 9.19. The van der Waals surface area contributed by atoms with Crippen LogP contribution in [0.4, 0.5) is 0 Å². The SMILES string of the molecule is COCCCn1c(=S)[nH]c2cc(C(=O)NC(C)C3CCCO3)ccc2c1=O. The van der Waals surface area contributed by atoms with Crippen LogP contribution in [-0.4, -0.2) is 47.9 Å². The molecule has 1 fully saturated rings. The van der Waals surface area contributed by atoms with Gasteiger partial charge in [-0.05, 0) is 56.6 Å². The van der Waals surface area contributed by atoms with E-state index in [2.05, 4.69) is 10.3 Å². The zero-order valence-electron chi connectivity index (χ0n) is 15.6.